The molecule has 1 aromatic rings. The van der Waals surface area contributed by atoms with E-state index in [1.807, 2.05) is 0 Å². The van der Waals surface area contributed by atoms with E-state index >= 15 is 0 Å². The summed E-state index contributed by atoms with van der Waals surface area (Å²) >= 11 is 5.85. The van der Waals surface area contributed by atoms with Crippen LogP contribution in [-0.4, -0.2) is 17.0 Å². The maximum Gasteiger partial charge on any atom is 0.335 e. The van der Waals surface area contributed by atoms with Gasteiger partial charge in [-0.3, -0.25) is 4.79 Å². The predicted molar refractivity (Wildman–Crippen MR) is 62.5 cm³/mol. The Balaban J connectivity index is 2.57. The Labute approximate surface area is 103 Å². The average Bonchev–Trinajstić information content (AvgIpc) is 2.29. The van der Waals surface area contributed by atoms with E-state index in [2.05, 4.69) is 6.58 Å². The molecule has 0 heterocycles. The second-order valence-electron chi connectivity index (χ2n) is 3.31. The Hall–Kier alpha value is -1.81. The first-order valence-corrected chi connectivity index (χ1v) is 5.24. The Morgan fingerprint density at radius 2 is 1.94 bits per heavy atom. The summed E-state index contributed by atoms with van der Waals surface area (Å²) in [6.45, 7) is 3.33. The first kappa shape index (κ1) is 13.3. The van der Waals surface area contributed by atoms with Gasteiger partial charge in [-0.2, -0.15) is 0 Å². The van der Waals surface area contributed by atoms with Gasteiger partial charge in [0.05, 0.1) is 6.42 Å². The summed E-state index contributed by atoms with van der Waals surface area (Å²) in [6.07, 6.45) is -0.461. The Kier molecular flexibility index (Phi) is 4.72. The van der Waals surface area contributed by atoms with Crippen LogP contribution in [0.1, 0.15) is 17.5 Å². The molecule has 0 saturated carbocycles. The highest BCUT2D eigenvalue weighted by Crippen LogP contribution is 2.22. The molecule has 0 saturated heterocycles. The minimum absolute atomic E-state index is 0.140. The number of halogens is 1. The number of carbonyl (C=O) groups excluding carboxylic acids is 1. The molecule has 0 bridgehead atoms. The van der Waals surface area contributed by atoms with Gasteiger partial charge in [0.2, 0.25) is 5.56 Å². The highest BCUT2D eigenvalue weighted by Gasteiger charge is 2.17. The number of carboxylic acids is 1. The number of hydrogen-bond donors (Lipinski definition) is 1. The SMILES string of the molecule is C=C(CC(=O)O)C(=O)OC(Cl)c1ccccc1. The van der Waals surface area contributed by atoms with E-state index in [9.17, 15) is 9.59 Å². The lowest BCUT2D eigenvalue weighted by Gasteiger charge is -2.11. The summed E-state index contributed by atoms with van der Waals surface area (Å²) in [4.78, 5) is 21.8. The Morgan fingerprint density at radius 1 is 1.35 bits per heavy atom. The maximum atomic E-state index is 11.4. The molecule has 0 aliphatic rings. The zero-order chi connectivity index (χ0) is 12.8. The Morgan fingerprint density at radius 3 is 2.47 bits per heavy atom. The molecule has 5 heteroatoms. The highest BCUT2D eigenvalue weighted by molar-refractivity contribution is 6.20. The van der Waals surface area contributed by atoms with Crippen molar-refractivity contribution in [3.8, 4) is 0 Å². The van der Waals surface area contributed by atoms with E-state index in [4.69, 9.17) is 21.4 Å². The van der Waals surface area contributed by atoms with Crippen molar-refractivity contribution in [3.63, 3.8) is 0 Å². The zero-order valence-electron chi connectivity index (χ0n) is 8.93. The van der Waals surface area contributed by atoms with Crippen molar-refractivity contribution in [2.24, 2.45) is 0 Å². The number of carbonyl (C=O) groups is 2. The van der Waals surface area contributed by atoms with Gasteiger partial charge in [0.1, 0.15) is 0 Å². The van der Waals surface area contributed by atoms with Crippen molar-refractivity contribution in [2.75, 3.05) is 0 Å². The fourth-order valence-corrected chi connectivity index (χ4v) is 1.33. The topological polar surface area (TPSA) is 63.6 Å². The maximum absolute atomic E-state index is 11.4. The average molecular weight is 255 g/mol. The molecule has 0 amide bonds. The molecule has 1 N–H and O–H groups in total. The van der Waals surface area contributed by atoms with Gasteiger partial charge in [0, 0.05) is 11.1 Å². The van der Waals surface area contributed by atoms with Gasteiger partial charge >= 0.3 is 11.9 Å². The van der Waals surface area contributed by atoms with Crippen LogP contribution in [0.15, 0.2) is 42.5 Å². The van der Waals surface area contributed by atoms with Gasteiger partial charge in [0.25, 0.3) is 0 Å². The largest absolute Gasteiger partial charge is 0.481 e. The molecule has 0 aromatic heterocycles. The second kappa shape index (κ2) is 6.06. The summed E-state index contributed by atoms with van der Waals surface area (Å²) < 4.78 is 4.86. The van der Waals surface area contributed by atoms with E-state index in [0.717, 1.165) is 0 Å². The third-order valence-electron chi connectivity index (χ3n) is 1.93. The summed E-state index contributed by atoms with van der Waals surface area (Å²) in [5, 5.41) is 8.48. The Bertz CT molecular complexity index is 427. The van der Waals surface area contributed by atoms with E-state index in [-0.39, 0.29) is 5.57 Å². The molecular weight excluding hydrogens is 244 g/mol. The molecule has 1 rings (SSSR count). The molecule has 0 fully saturated rings. The molecule has 0 radical (unpaired) electrons. The minimum Gasteiger partial charge on any atom is -0.481 e. The molecule has 4 nitrogen and oxygen atoms in total. The van der Waals surface area contributed by atoms with Gasteiger partial charge < -0.3 is 9.84 Å². The standard InChI is InChI=1S/C12H11ClO4/c1-8(7-10(14)15)12(16)17-11(13)9-5-3-2-4-6-9/h2-6,11H,1,7H2,(H,14,15). The van der Waals surface area contributed by atoms with E-state index < -0.39 is 23.9 Å². The molecule has 17 heavy (non-hydrogen) atoms. The first-order chi connectivity index (χ1) is 8.00. The lowest BCUT2D eigenvalue weighted by Crippen LogP contribution is -2.12. The molecule has 90 valence electrons. The van der Waals surface area contributed by atoms with Gasteiger partial charge in [-0.25, -0.2) is 4.79 Å². The zero-order valence-corrected chi connectivity index (χ0v) is 9.68. The van der Waals surface area contributed by atoms with Crippen LogP contribution in [0.2, 0.25) is 0 Å². The molecule has 0 spiro atoms. The smallest absolute Gasteiger partial charge is 0.335 e. The van der Waals surface area contributed by atoms with Crippen molar-refractivity contribution in [1.82, 2.24) is 0 Å². The van der Waals surface area contributed by atoms with Gasteiger partial charge in [-0.1, -0.05) is 48.5 Å². The molecule has 1 unspecified atom stereocenters. The minimum atomic E-state index is -1.14. The highest BCUT2D eigenvalue weighted by atomic mass is 35.5. The van der Waals surface area contributed by atoms with Crippen molar-refractivity contribution in [3.05, 3.63) is 48.0 Å². The molecule has 1 atom stereocenters. The first-order valence-electron chi connectivity index (χ1n) is 4.80. The van der Waals surface area contributed by atoms with Crippen molar-refractivity contribution < 1.29 is 19.4 Å². The second-order valence-corrected chi connectivity index (χ2v) is 3.70. The molecular formula is C12H11ClO4. The number of alkyl halides is 1. The van der Waals surface area contributed by atoms with Gasteiger partial charge in [-0.15, -0.1) is 0 Å². The lowest BCUT2D eigenvalue weighted by atomic mass is 10.2. The number of hydrogen-bond acceptors (Lipinski definition) is 3. The number of rotatable bonds is 5. The predicted octanol–water partition coefficient (Wildman–Crippen LogP) is 2.50. The number of carboxylic acid groups (broad SMARTS) is 1. The van der Waals surface area contributed by atoms with Crippen LogP contribution in [0.5, 0.6) is 0 Å². The fourth-order valence-electron chi connectivity index (χ4n) is 1.10. The van der Waals surface area contributed by atoms with Crippen molar-refractivity contribution in [1.29, 1.82) is 0 Å². The molecule has 0 aliphatic carbocycles. The van der Waals surface area contributed by atoms with Crippen LogP contribution < -0.4 is 0 Å². The van der Waals surface area contributed by atoms with Crippen LogP contribution in [0, 0.1) is 0 Å². The van der Waals surface area contributed by atoms with Crippen LogP contribution >= 0.6 is 11.6 Å². The fraction of sp³-hybridized carbons (Fsp3) is 0.167. The van der Waals surface area contributed by atoms with E-state index in [1.165, 1.54) is 0 Å². The quantitative estimate of drug-likeness (QED) is 0.498. The normalized spacial score (nSPS) is 11.6. The molecule has 1 aromatic carbocycles. The summed E-state index contributed by atoms with van der Waals surface area (Å²) in [5.74, 6) is -1.95. The van der Waals surface area contributed by atoms with Crippen molar-refractivity contribution in [2.45, 2.75) is 12.0 Å². The number of ether oxygens (including phenoxy) is 1. The van der Waals surface area contributed by atoms with Gasteiger partial charge in [-0.05, 0) is 0 Å². The summed E-state index contributed by atoms with van der Waals surface area (Å²) in [6, 6.07) is 8.71. The number of benzene rings is 1. The van der Waals surface area contributed by atoms with Crippen LogP contribution in [0.4, 0.5) is 0 Å². The van der Waals surface area contributed by atoms with Gasteiger partial charge in [0.15, 0.2) is 0 Å². The number of esters is 1. The third kappa shape index (κ3) is 4.28. The number of aliphatic carboxylic acids is 1. The van der Waals surface area contributed by atoms with Crippen LogP contribution in [0.3, 0.4) is 0 Å². The van der Waals surface area contributed by atoms with Crippen LogP contribution in [0.25, 0.3) is 0 Å². The summed E-state index contributed by atoms with van der Waals surface area (Å²) in [7, 11) is 0. The monoisotopic (exact) mass is 254 g/mol. The third-order valence-corrected chi connectivity index (χ3v) is 2.27. The van der Waals surface area contributed by atoms with E-state index in [1.54, 1.807) is 30.3 Å². The van der Waals surface area contributed by atoms with Crippen molar-refractivity contribution >= 4 is 23.5 Å². The molecule has 0 aliphatic heterocycles. The van der Waals surface area contributed by atoms with Crippen LogP contribution in [-0.2, 0) is 14.3 Å². The lowest BCUT2D eigenvalue weighted by molar-refractivity contribution is -0.144. The summed E-state index contributed by atoms with van der Waals surface area (Å²) in [5.41, 5.74) is -0.473. The van der Waals surface area contributed by atoms with E-state index in [0.29, 0.717) is 5.56 Å².